The van der Waals surface area contributed by atoms with E-state index in [-0.39, 0.29) is 6.42 Å². The van der Waals surface area contributed by atoms with Gasteiger partial charge in [-0.1, -0.05) is 60.7 Å². The molecule has 166 valence electrons. The van der Waals surface area contributed by atoms with Gasteiger partial charge in [-0.15, -0.1) is 0 Å². The first-order chi connectivity index (χ1) is 16.1. The van der Waals surface area contributed by atoms with Crippen LogP contribution in [-0.2, 0) is 28.9 Å². The Kier molecular flexibility index (Phi) is 5.52. The maximum atomic E-state index is 12.6. The van der Waals surface area contributed by atoms with Crippen molar-refractivity contribution in [2.75, 3.05) is 6.61 Å². The number of rotatable bonds is 8. The number of benzene rings is 3. The van der Waals surface area contributed by atoms with Gasteiger partial charge in [-0.25, -0.2) is 4.79 Å². The van der Waals surface area contributed by atoms with E-state index >= 15 is 0 Å². The van der Waals surface area contributed by atoms with Crippen LogP contribution < -0.4 is 10.1 Å². The first kappa shape index (κ1) is 20.8. The number of nitrogens with zero attached hydrogens (tertiary/aromatic N) is 2. The third kappa shape index (κ3) is 4.57. The highest BCUT2D eigenvalue weighted by Gasteiger charge is 2.48. The molecule has 5 rings (SSSR count). The summed E-state index contributed by atoms with van der Waals surface area (Å²) in [7, 11) is 0. The number of cyclic esters (lactones) is 1. The Balaban J connectivity index is 1.23. The van der Waals surface area contributed by atoms with Crippen LogP contribution in [0.3, 0.4) is 0 Å². The van der Waals surface area contributed by atoms with Crippen molar-refractivity contribution in [2.24, 2.45) is 0 Å². The predicted molar refractivity (Wildman–Crippen MR) is 123 cm³/mol. The molecule has 7 nitrogen and oxygen atoms in total. The summed E-state index contributed by atoms with van der Waals surface area (Å²) < 4.78 is 13.2. The van der Waals surface area contributed by atoms with E-state index in [9.17, 15) is 9.59 Å². The molecule has 1 saturated heterocycles. The van der Waals surface area contributed by atoms with Crippen LogP contribution in [0.25, 0.3) is 10.9 Å². The van der Waals surface area contributed by atoms with Crippen LogP contribution in [0.15, 0.2) is 85.1 Å². The van der Waals surface area contributed by atoms with E-state index in [0.717, 1.165) is 27.8 Å². The van der Waals surface area contributed by atoms with Gasteiger partial charge in [0.05, 0.1) is 12.1 Å². The van der Waals surface area contributed by atoms with Gasteiger partial charge < -0.3 is 9.47 Å². The molecule has 1 N–H and O–H groups in total. The molecule has 1 unspecified atom stereocenters. The van der Waals surface area contributed by atoms with Crippen molar-refractivity contribution in [1.29, 1.82) is 0 Å². The molecule has 33 heavy (non-hydrogen) atoms. The number of fused-ring (bicyclic) bond motifs is 1. The first-order valence-electron chi connectivity index (χ1n) is 10.8. The molecule has 0 saturated carbocycles. The molecular formula is C26H23N3O4. The van der Waals surface area contributed by atoms with Crippen LogP contribution in [0.1, 0.15) is 11.1 Å². The zero-order valence-corrected chi connectivity index (χ0v) is 17.9. The van der Waals surface area contributed by atoms with Crippen molar-refractivity contribution in [3.63, 3.8) is 0 Å². The summed E-state index contributed by atoms with van der Waals surface area (Å²) >= 11 is 0. The third-order valence-electron chi connectivity index (χ3n) is 5.71. The van der Waals surface area contributed by atoms with Crippen LogP contribution in [0.2, 0.25) is 0 Å². The van der Waals surface area contributed by atoms with E-state index in [2.05, 4.69) is 10.4 Å². The molecule has 3 aromatic carbocycles. The highest BCUT2D eigenvalue weighted by atomic mass is 16.6. The number of hydrogen-bond acceptors (Lipinski definition) is 5. The van der Waals surface area contributed by atoms with Gasteiger partial charge in [-0.05, 0) is 29.3 Å². The summed E-state index contributed by atoms with van der Waals surface area (Å²) in [5, 5.41) is 7.91. The smallest absolute Gasteiger partial charge is 0.415 e. The van der Waals surface area contributed by atoms with Gasteiger partial charge in [0, 0.05) is 24.4 Å². The quantitative estimate of drug-likeness (QED) is 0.448. The van der Waals surface area contributed by atoms with E-state index in [4.69, 9.17) is 9.47 Å². The topological polar surface area (TPSA) is 82.5 Å². The SMILES string of the molecule is O=C1NC(=O)C(Cc2ccccc2)(Cc2ccc(OCCn3cc4ccccc4n3)cc2)O1. The molecule has 7 heteroatoms. The summed E-state index contributed by atoms with van der Waals surface area (Å²) in [5.41, 5.74) is 1.50. The Bertz CT molecular complexity index is 1250. The highest BCUT2D eigenvalue weighted by molar-refractivity contribution is 6.03. The largest absolute Gasteiger partial charge is 0.492 e. The van der Waals surface area contributed by atoms with Crippen LogP contribution in [0.4, 0.5) is 4.79 Å². The average molecular weight is 441 g/mol. The van der Waals surface area contributed by atoms with Gasteiger partial charge in [-0.2, -0.15) is 5.10 Å². The molecule has 4 aromatic rings. The summed E-state index contributed by atoms with van der Waals surface area (Å²) in [6.45, 7) is 1.11. The van der Waals surface area contributed by atoms with Crippen molar-refractivity contribution in [3.05, 3.63) is 96.2 Å². The fourth-order valence-corrected chi connectivity index (χ4v) is 4.10. The molecule has 0 aliphatic carbocycles. The Morgan fingerprint density at radius 3 is 2.27 bits per heavy atom. The van der Waals surface area contributed by atoms with Crippen LogP contribution >= 0.6 is 0 Å². The standard InChI is InChI=1S/C26H23N3O4/c30-24-26(33-25(31)27-24,16-19-6-2-1-3-7-19)17-20-10-12-22(13-11-20)32-15-14-29-18-21-8-4-5-9-23(21)28-29/h1-13,18H,14-17H2,(H,27,30,31). The molecule has 1 fully saturated rings. The van der Waals surface area contributed by atoms with E-state index in [1.807, 2.05) is 89.7 Å². The molecule has 0 spiro atoms. The van der Waals surface area contributed by atoms with E-state index in [1.54, 1.807) is 0 Å². The van der Waals surface area contributed by atoms with Gasteiger partial charge in [0.1, 0.15) is 12.4 Å². The minimum Gasteiger partial charge on any atom is -0.492 e. The fourth-order valence-electron chi connectivity index (χ4n) is 4.10. The maximum absolute atomic E-state index is 12.6. The summed E-state index contributed by atoms with van der Waals surface area (Å²) in [5.74, 6) is 0.309. The van der Waals surface area contributed by atoms with Gasteiger partial charge in [-0.3, -0.25) is 14.8 Å². The molecule has 1 aliphatic heterocycles. The average Bonchev–Trinajstić information content (AvgIpc) is 3.35. The first-order valence-corrected chi connectivity index (χ1v) is 10.8. The van der Waals surface area contributed by atoms with E-state index in [1.165, 1.54) is 0 Å². The van der Waals surface area contributed by atoms with E-state index in [0.29, 0.717) is 19.6 Å². The molecule has 0 bridgehead atoms. The van der Waals surface area contributed by atoms with Crippen molar-refractivity contribution in [1.82, 2.24) is 15.1 Å². The lowest BCUT2D eigenvalue weighted by molar-refractivity contribution is -0.131. The second-order valence-electron chi connectivity index (χ2n) is 8.12. The lowest BCUT2D eigenvalue weighted by Gasteiger charge is -2.25. The number of amides is 2. The molecular weight excluding hydrogens is 418 g/mol. The molecule has 2 heterocycles. The zero-order chi connectivity index (χ0) is 22.7. The fraction of sp³-hybridized carbons (Fsp3) is 0.192. The molecule has 1 aliphatic rings. The van der Waals surface area contributed by atoms with Crippen molar-refractivity contribution >= 4 is 22.9 Å². The molecule has 0 radical (unpaired) electrons. The minimum atomic E-state index is -1.26. The van der Waals surface area contributed by atoms with Gasteiger partial charge >= 0.3 is 6.09 Å². The number of carbonyl (C=O) groups is 2. The predicted octanol–water partition coefficient (Wildman–Crippen LogP) is 3.91. The number of imide groups is 1. The Hall–Kier alpha value is -4.13. The molecule has 1 atom stereocenters. The minimum absolute atomic E-state index is 0.277. The van der Waals surface area contributed by atoms with Crippen LogP contribution in [0.5, 0.6) is 5.75 Å². The number of alkyl carbamates (subject to hydrolysis) is 1. The lowest BCUT2D eigenvalue weighted by Crippen LogP contribution is -2.43. The monoisotopic (exact) mass is 441 g/mol. The van der Waals surface area contributed by atoms with E-state index < -0.39 is 17.6 Å². The van der Waals surface area contributed by atoms with Gasteiger partial charge in [0.2, 0.25) is 5.60 Å². The number of carbonyl (C=O) groups excluding carboxylic acids is 2. The lowest BCUT2D eigenvalue weighted by atomic mass is 9.87. The van der Waals surface area contributed by atoms with Crippen LogP contribution in [-0.4, -0.2) is 34.0 Å². The van der Waals surface area contributed by atoms with Crippen molar-refractivity contribution < 1.29 is 19.1 Å². The van der Waals surface area contributed by atoms with Crippen LogP contribution in [0, 0.1) is 0 Å². The normalized spacial score (nSPS) is 17.7. The van der Waals surface area contributed by atoms with Crippen molar-refractivity contribution in [2.45, 2.75) is 25.0 Å². The summed E-state index contributed by atoms with van der Waals surface area (Å²) in [6, 6.07) is 25.0. The Morgan fingerprint density at radius 2 is 1.58 bits per heavy atom. The number of ether oxygens (including phenoxy) is 2. The summed E-state index contributed by atoms with van der Waals surface area (Å²) in [4.78, 5) is 24.4. The molecule has 2 amide bonds. The Labute approximate surface area is 190 Å². The number of aromatic nitrogens is 2. The second-order valence-corrected chi connectivity index (χ2v) is 8.12. The molecule has 1 aromatic heterocycles. The van der Waals surface area contributed by atoms with Gasteiger partial charge in [0.25, 0.3) is 5.91 Å². The van der Waals surface area contributed by atoms with Gasteiger partial charge in [0.15, 0.2) is 0 Å². The second kappa shape index (κ2) is 8.78. The zero-order valence-electron chi connectivity index (χ0n) is 17.9. The number of hydrogen-bond donors (Lipinski definition) is 1. The van der Waals surface area contributed by atoms with Crippen molar-refractivity contribution in [3.8, 4) is 5.75 Å². The summed E-state index contributed by atoms with van der Waals surface area (Å²) in [6.07, 6.45) is 1.88. The third-order valence-corrected chi connectivity index (χ3v) is 5.71. The highest BCUT2D eigenvalue weighted by Crippen LogP contribution is 2.28. The Morgan fingerprint density at radius 1 is 0.879 bits per heavy atom. The maximum Gasteiger partial charge on any atom is 0.415 e. The number of nitrogens with one attached hydrogen (secondary N) is 1.